The smallest absolute Gasteiger partial charge is 0.265 e. The molecule has 6 nitrogen and oxygen atoms in total. The summed E-state index contributed by atoms with van der Waals surface area (Å²) in [5.41, 5.74) is 1.02. The molecular weight excluding hydrogens is 414 g/mol. The number of nitrogens with zero attached hydrogens (tertiary/aromatic N) is 3. The molecule has 1 aliphatic rings. The first-order chi connectivity index (χ1) is 15.4. The highest BCUT2D eigenvalue weighted by atomic mass is 19.1. The fourth-order valence-electron chi connectivity index (χ4n) is 3.69. The molecule has 0 spiro atoms. The molecule has 4 rings (SSSR count). The molecule has 3 aromatic carbocycles. The zero-order valence-corrected chi connectivity index (χ0v) is 17.1. The van der Waals surface area contributed by atoms with Gasteiger partial charge in [0.05, 0.1) is 5.56 Å². The lowest BCUT2D eigenvalue weighted by Crippen LogP contribution is -2.64. The Morgan fingerprint density at radius 3 is 2.06 bits per heavy atom. The molecule has 0 saturated heterocycles. The average molecular weight is 435 g/mol. The Morgan fingerprint density at radius 2 is 1.44 bits per heavy atom. The molecule has 1 atom stereocenters. The van der Waals surface area contributed by atoms with E-state index in [1.165, 1.54) is 6.07 Å². The number of urea groups is 1. The van der Waals surface area contributed by atoms with E-state index in [9.17, 15) is 18.4 Å². The molecule has 0 fully saturated rings. The van der Waals surface area contributed by atoms with Crippen molar-refractivity contribution in [2.75, 3.05) is 6.54 Å². The number of hydrazine groups is 1. The van der Waals surface area contributed by atoms with Crippen LogP contribution < -0.4 is 5.84 Å². The van der Waals surface area contributed by atoms with Crippen LogP contribution in [0.2, 0.25) is 0 Å². The van der Waals surface area contributed by atoms with Gasteiger partial charge in [-0.2, -0.15) is 5.01 Å². The monoisotopic (exact) mass is 435 g/mol. The van der Waals surface area contributed by atoms with Gasteiger partial charge in [-0.25, -0.2) is 19.4 Å². The number of halogens is 2. The molecule has 1 heterocycles. The number of imide groups is 1. The van der Waals surface area contributed by atoms with E-state index in [-0.39, 0.29) is 17.8 Å². The fourth-order valence-corrected chi connectivity index (χ4v) is 3.69. The Morgan fingerprint density at radius 1 is 0.844 bits per heavy atom. The highest BCUT2D eigenvalue weighted by molar-refractivity contribution is 6.47. The van der Waals surface area contributed by atoms with Crippen LogP contribution in [0.3, 0.4) is 0 Å². The molecule has 0 bridgehead atoms. The molecule has 0 aliphatic carbocycles. The van der Waals surface area contributed by atoms with Gasteiger partial charge in [-0.1, -0.05) is 71.8 Å². The number of nitrogens with two attached hydrogens (primary N) is 1. The van der Waals surface area contributed by atoms with Crippen molar-refractivity contribution in [3.8, 4) is 0 Å². The van der Waals surface area contributed by atoms with Crippen LogP contribution in [0.25, 0.3) is 0 Å². The summed E-state index contributed by atoms with van der Waals surface area (Å²) >= 11 is 0. The van der Waals surface area contributed by atoms with Gasteiger partial charge in [0.25, 0.3) is 0 Å². The van der Waals surface area contributed by atoms with Crippen LogP contribution in [0.4, 0.5) is 13.6 Å². The third-order valence-corrected chi connectivity index (χ3v) is 5.42. The maximum Gasteiger partial charge on any atom is 0.467 e. The van der Waals surface area contributed by atoms with Gasteiger partial charge in [-0.05, 0) is 17.7 Å². The number of hydrogen-bond donors (Lipinski definition) is 1. The van der Waals surface area contributed by atoms with E-state index in [1.54, 1.807) is 30.3 Å². The van der Waals surface area contributed by atoms with E-state index < -0.39 is 34.7 Å². The van der Waals surface area contributed by atoms with Crippen LogP contribution >= 0.6 is 0 Å². The number of benzene rings is 3. The van der Waals surface area contributed by atoms with E-state index in [1.807, 2.05) is 30.3 Å². The summed E-state index contributed by atoms with van der Waals surface area (Å²) in [5.74, 6) is 3.50. The number of quaternary nitrogens is 1. The zero-order chi connectivity index (χ0) is 22.7. The lowest BCUT2D eigenvalue weighted by Gasteiger charge is -2.35. The van der Waals surface area contributed by atoms with Crippen molar-refractivity contribution in [1.82, 2.24) is 5.01 Å². The molecule has 3 aromatic rings. The highest BCUT2D eigenvalue weighted by Gasteiger charge is 2.50. The molecule has 0 aromatic heterocycles. The lowest BCUT2D eigenvalue weighted by molar-refractivity contribution is -0.874. The Bertz CT molecular complexity index is 1160. The lowest BCUT2D eigenvalue weighted by atomic mass is 10.1. The van der Waals surface area contributed by atoms with Crippen LogP contribution in [0.15, 0.2) is 84.0 Å². The van der Waals surface area contributed by atoms with E-state index >= 15 is 0 Å². The van der Waals surface area contributed by atoms with Crippen LogP contribution in [0.5, 0.6) is 0 Å². The van der Waals surface area contributed by atoms with Gasteiger partial charge in [0, 0.05) is 12.0 Å². The molecule has 0 saturated carbocycles. The first-order valence-corrected chi connectivity index (χ1v) is 10.0. The molecule has 1 aliphatic heterocycles. The fraction of sp³-hybridized carbons (Fsp3) is 0.125. The van der Waals surface area contributed by atoms with Gasteiger partial charge in [-0.3, -0.25) is 4.79 Å². The predicted octanol–water partition coefficient (Wildman–Crippen LogP) is 3.76. The third-order valence-electron chi connectivity index (χ3n) is 5.42. The van der Waals surface area contributed by atoms with Crippen LogP contribution in [0.1, 0.15) is 16.7 Å². The van der Waals surface area contributed by atoms with Crippen LogP contribution in [0, 0.1) is 11.6 Å². The van der Waals surface area contributed by atoms with Crippen molar-refractivity contribution in [1.29, 1.82) is 0 Å². The number of hydrogen-bond acceptors (Lipinski definition) is 4. The Labute approximate surface area is 183 Å². The third kappa shape index (κ3) is 4.05. The maximum absolute atomic E-state index is 14.5. The first-order valence-electron chi connectivity index (χ1n) is 10.0. The van der Waals surface area contributed by atoms with Gasteiger partial charge in [0.1, 0.15) is 24.7 Å². The molecule has 162 valence electrons. The normalized spacial score (nSPS) is 18.6. The molecule has 2 N–H and O–H groups in total. The van der Waals surface area contributed by atoms with Crippen molar-refractivity contribution in [3.05, 3.63) is 107 Å². The quantitative estimate of drug-likeness (QED) is 0.364. The summed E-state index contributed by atoms with van der Waals surface area (Å²) in [5, 5.41) is 4.97. The van der Waals surface area contributed by atoms with Crippen molar-refractivity contribution in [3.63, 3.8) is 0 Å². The summed E-state index contributed by atoms with van der Waals surface area (Å²) < 4.78 is 28.3. The predicted molar refractivity (Wildman–Crippen MR) is 115 cm³/mol. The van der Waals surface area contributed by atoms with Gasteiger partial charge >= 0.3 is 11.9 Å². The van der Waals surface area contributed by atoms with E-state index in [0.717, 1.165) is 17.7 Å². The topological polar surface area (TPSA) is 75.8 Å². The van der Waals surface area contributed by atoms with Gasteiger partial charge in [0.2, 0.25) is 0 Å². The standard InChI is InChI=1S/C24H21F2N4O2/c25-20-12-7-13-21(26)19(20)16-30(15-14-17-8-3-1-4-9-17)24(32)29(27)23(31)22(28-30)18-10-5-2-6-11-18/h1-13H,14-16,27H2/q+1/t30-/m1/s1. The van der Waals surface area contributed by atoms with Crippen molar-refractivity contribution < 1.29 is 23.0 Å². The number of carbonyl (C=O) groups is 2. The molecular formula is C24H21F2N4O2+. The Hall–Kier alpha value is -3.75. The van der Waals surface area contributed by atoms with E-state index in [4.69, 9.17) is 5.84 Å². The molecule has 3 amide bonds. The largest absolute Gasteiger partial charge is 0.467 e. The van der Waals surface area contributed by atoms with Crippen molar-refractivity contribution >= 4 is 17.6 Å². The minimum absolute atomic E-state index is 0.0440. The maximum atomic E-state index is 14.5. The second kappa shape index (κ2) is 8.78. The molecule has 8 heteroatoms. The van der Waals surface area contributed by atoms with Crippen LogP contribution in [-0.4, -0.2) is 33.8 Å². The number of rotatable bonds is 6. The number of carbonyl (C=O) groups excluding carboxylic acids is 2. The van der Waals surface area contributed by atoms with Crippen molar-refractivity contribution in [2.24, 2.45) is 10.9 Å². The van der Waals surface area contributed by atoms with Crippen molar-refractivity contribution in [2.45, 2.75) is 13.0 Å². The molecule has 0 radical (unpaired) electrons. The molecule has 32 heavy (non-hydrogen) atoms. The Balaban J connectivity index is 1.85. The number of amides is 3. The summed E-state index contributed by atoms with van der Waals surface area (Å²) in [6.45, 7) is -0.380. The van der Waals surface area contributed by atoms with Crippen LogP contribution in [-0.2, 0) is 17.8 Å². The Kier molecular flexibility index (Phi) is 5.89. The second-order valence-electron chi connectivity index (χ2n) is 7.51. The van der Waals surface area contributed by atoms with E-state index in [2.05, 4.69) is 5.10 Å². The summed E-state index contributed by atoms with van der Waals surface area (Å²) in [6, 6.07) is 20.5. The minimum Gasteiger partial charge on any atom is -0.265 e. The summed E-state index contributed by atoms with van der Waals surface area (Å²) in [7, 11) is 0. The first kappa shape index (κ1) is 21.5. The minimum atomic E-state index is -0.853. The highest BCUT2D eigenvalue weighted by Crippen LogP contribution is 2.27. The van der Waals surface area contributed by atoms with Gasteiger partial charge in [-0.15, -0.1) is 4.59 Å². The van der Waals surface area contributed by atoms with Gasteiger partial charge in [0.15, 0.2) is 5.71 Å². The van der Waals surface area contributed by atoms with E-state index in [0.29, 0.717) is 17.0 Å². The molecule has 0 unspecified atom stereocenters. The van der Waals surface area contributed by atoms with Gasteiger partial charge < -0.3 is 0 Å². The SMILES string of the molecule is NN1C(=O)C(c2ccccc2)=N[N@+](CCc2ccccc2)(Cc2c(F)cccc2F)C1=O. The summed E-state index contributed by atoms with van der Waals surface area (Å²) in [4.78, 5) is 26.1. The summed E-state index contributed by atoms with van der Waals surface area (Å²) in [6.07, 6.45) is 0.371. The zero-order valence-electron chi connectivity index (χ0n) is 17.1. The average Bonchev–Trinajstić information content (AvgIpc) is 2.82. The second-order valence-corrected chi connectivity index (χ2v) is 7.51.